The van der Waals surface area contributed by atoms with Gasteiger partial charge in [0.1, 0.15) is 0 Å². The number of hydrogen-bond donors (Lipinski definition) is 0. The number of nitrogens with zero attached hydrogens (tertiary/aromatic N) is 6. The molecule has 0 amide bonds. The molecule has 0 aliphatic rings. The summed E-state index contributed by atoms with van der Waals surface area (Å²) in [5, 5.41) is 9.76. The molecule has 0 saturated heterocycles. The van der Waals surface area contributed by atoms with Gasteiger partial charge in [-0.2, -0.15) is 0 Å². The van der Waals surface area contributed by atoms with Crippen molar-refractivity contribution in [3.05, 3.63) is 248 Å². The number of pyridine rings is 2. The molecular formula is C67H50N6. The molecule has 0 saturated carbocycles. The maximum Gasteiger partial charge on any atom is 0.0789 e. The predicted octanol–water partition coefficient (Wildman–Crippen LogP) is 17.4. The van der Waals surface area contributed by atoms with E-state index in [4.69, 9.17) is 0 Å². The average molecular weight is 939 g/mol. The van der Waals surface area contributed by atoms with E-state index in [0.29, 0.717) is 0 Å². The highest BCUT2D eigenvalue weighted by molar-refractivity contribution is 6.27. The Morgan fingerprint density at radius 2 is 0.781 bits per heavy atom. The van der Waals surface area contributed by atoms with Gasteiger partial charge in [0.05, 0.1) is 50.4 Å². The molecule has 14 rings (SSSR count). The highest BCUT2D eigenvalue weighted by Crippen LogP contribution is 2.49. The fourth-order valence-electron chi connectivity index (χ4n) is 12.4. The molecule has 0 unspecified atom stereocenters. The predicted molar refractivity (Wildman–Crippen MR) is 307 cm³/mol. The van der Waals surface area contributed by atoms with Crippen LogP contribution in [0.2, 0.25) is 0 Å². The van der Waals surface area contributed by atoms with Crippen molar-refractivity contribution in [3.8, 4) is 11.4 Å². The van der Waals surface area contributed by atoms with Crippen molar-refractivity contribution >= 4 is 104 Å². The summed E-state index contributed by atoms with van der Waals surface area (Å²) in [5.74, 6) is 0. The smallest absolute Gasteiger partial charge is 0.0789 e. The van der Waals surface area contributed by atoms with Gasteiger partial charge in [0.25, 0.3) is 0 Å². The van der Waals surface area contributed by atoms with Gasteiger partial charge in [-0.15, -0.1) is 0 Å². The van der Waals surface area contributed by atoms with Gasteiger partial charge in [0, 0.05) is 90.3 Å². The molecule has 0 bridgehead atoms. The number of benzene rings is 8. The maximum absolute atomic E-state index is 4.61. The third-order valence-corrected chi connectivity index (χ3v) is 15.5. The third kappa shape index (κ3) is 6.36. The van der Waals surface area contributed by atoms with Crippen LogP contribution in [0.25, 0.3) is 115 Å². The van der Waals surface area contributed by atoms with Gasteiger partial charge in [-0.25, -0.2) is 0 Å². The molecule has 0 radical (unpaired) electrons. The minimum absolute atomic E-state index is 0.122. The van der Waals surface area contributed by atoms with E-state index in [2.05, 4.69) is 255 Å². The second-order valence-corrected chi connectivity index (χ2v) is 19.3. The minimum Gasteiger partial charge on any atom is -0.331 e. The first-order chi connectivity index (χ1) is 36.1. The van der Waals surface area contributed by atoms with Gasteiger partial charge < -0.3 is 18.3 Å². The van der Waals surface area contributed by atoms with E-state index in [1.165, 1.54) is 81.8 Å². The van der Waals surface area contributed by atoms with Crippen molar-refractivity contribution < 1.29 is 0 Å². The fraction of sp³-hybridized carbons (Fsp3) is 0.0746. The van der Waals surface area contributed by atoms with E-state index in [-0.39, 0.29) is 6.04 Å². The number of aromatic nitrogens is 6. The fourth-order valence-corrected chi connectivity index (χ4v) is 12.4. The Balaban J connectivity index is 1.21. The molecule has 0 aliphatic heterocycles. The van der Waals surface area contributed by atoms with Crippen LogP contribution in [0.5, 0.6) is 0 Å². The Labute approximate surface area is 422 Å². The molecule has 348 valence electrons. The zero-order valence-electron chi connectivity index (χ0n) is 40.9. The van der Waals surface area contributed by atoms with Gasteiger partial charge >= 0.3 is 0 Å². The first kappa shape index (κ1) is 42.6. The Hall–Kier alpha value is -9.26. The lowest BCUT2D eigenvalue weighted by Gasteiger charge is -2.29. The molecule has 0 fully saturated rings. The molecule has 0 spiro atoms. The van der Waals surface area contributed by atoms with Crippen LogP contribution in [0.3, 0.4) is 0 Å². The van der Waals surface area contributed by atoms with Crippen molar-refractivity contribution in [1.82, 2.24) is 28.2 Å². The Kier molecular flexibility index (Phi) is 9.90. The zero-order valence-corrected chi connectivity index (χ0v) is 40.9. The van der Waals surface area contributed by atoms with Crippen LogP contribution in [0.4, 0.5) is 0 Å². The Bertz CT molecular complexity index is 4530. The zero-order chi connectivity index (χ0) is 48.7. The highest BCUT2D eigenvalue weighted by Gasteiger charge is 2.31. The number of allylic oxidation sites excluding steroid dienone is 4. The minimum atomic E-state index is -0.122. The molecule has 0 aliphatic carbocycles. The molecular weight excluding hydrogens is 889 g/mol. The van der Waals surface area contributed by atoms with Crippen LogP contribution in [-0.4, -0.2) is 28.2 Å². The summed E-state index contributed by atoms with van der Waals surface area (Å²) in [7, 11) is 0. The van der Waals surface area contributed by atoms with Crippen LogP contribution in [0, 0.1) is 0 Å². The van der Waals surface area contributed by atoms with Gasteiger partial charge in [-0.1, -0.05) is 140 Å². The molecule has 6 heterocycles. The second kappa shape index (κ2) is 17.0. The lowest BCUT2D eigenvalue weighted by Crippen LogP contribution is -2.15. The largest absolute Gasteiger partial charge is 0.331 e. The first-order valence-corrected chi connectivity index (χ1v) is 25.3. The standard InChI is InChI=1S/C67H50N6/c1-4-57(72-60-29-17-13-25-51(60)55-33-31-53-49-23-11-15-27-58(49)70(64(53)66(55)72)47-19-7-5-8-20-47)44(3)63(62(46-37-41-69-42-38-46)43(2)45-35-39-68-40-36-45)73-61-30-18-14-26-52(61)56-34-32-54-50-24-12-16-28-59(50)71(65(54)67(56)73)48-21-9-6-10-22-48/h5-42,57H,4H2,1-3H3/b62-43+,63-44+/t57-/m0/s1. The maximum atomic E-state index is 4.61. The van der Waals surface area contributed by atoms with E-state index in [0.717, 1.165) is 56.8 Å². The van der Waals surface area contributed by atoms with E-state index in [1.54, 1.807) is 0 Å². The number of hydrogen-bond acceptors (Lipinski definition) is 2. The van der Waals surface area contributed by atoms with Crippen molar-refractivity contribution in [1.29, 1.82) is 0 Å². The van der Waals surface area contributed by atoms with Gasteiger partial charge in [0.15, 0.2) is 0 Å². The lowest BCUT2D eigenvalue weighted by molar-refractivity contribution is 0.590. The van der Waals surface area contributed by atoms with Gasteiger partial charge in [-0.3, -0.25) is 9.97 Å². The molecule has 73 heavy (non-hydrogen) atoms. The first-order valence-electron chi connectivity index (χ1n) is 25.3. The third-order valence-electron chi connectivity index (χ3n) is 15.5. The highest BCUT2D eigenvalue weighted by atomic mass is 15.1. The topological polar surface area (TPSA) is 45.5 Å². The van der Waals surface area contributed by atoms with Crippen molar-refractivity contribution in [2.45, 2.75) is 33.2 Å². The van der Waals surface area contributed by atoms with Gasteiger partial charge in [0.2, 0.25) is 0 Å². The molecule has 8 aromatic carbocycles. The van der Waals surface area contributed by atoms with E-state index in [9.17, 15) is 0 Å². The summed E-state index contributed by atoms with van der Waals surface area (Å²) in [6.07, 6.45) is 8.50. The van der Waals surface area contributed by atoms with E-state index >= 15 is 0 Å². The summed E-state index contributed by atoms with van der Waals surface area (Å²) in [6.45, 7) is 7.06. The average Bonchev–Trinajstić information content (AvgIpc) is 4.19. The van der Waals surface area contributed by atoms with Crippen molar-refractivity contribution in [2.75, 3.05) is 0 Å². The molecule has 6 aromatic heterocycles. The summed E-state index contributed by atoms with van der Waals surface area (Å²) < 4.78 is 10.3. The van der Waals surface area contributed by atoms with E-state index in [1.807, 2.05) is 24.8 Å². The van der Waals surface area contributed by atoms with Gasteiger partial charge in [-0.05, 0) is 115 Å². The van der Waals surface area contributed by atoms with E-state index < -0.39 is 0 Å². The molecule has 14 aromatic rings. The number of rotatable bonds is 9. The Morgan fingerprint density at radius 1 is 0.384 bits per heavy atom. The number of para-hydroxylation sites is 6. The summed E-state index contributed by atoms with van der Waals surface area (Å²) in [6, 6.07) is 75.5. The van der Waals surface area contributed by atoms with Crippen molar-refractivity contribution in [3.63, 3.8) is 0 Å². The summed E-state index contributed by atoms with van der Waals surface area (Å²) in [5.41, 5.74) is 18.6. The monoisotopic (exact) mass is 938 g/mol. The second-order valence-electron chi connectivity index (χ2n) is 19.3. The Morgan fingerprint density at radius 3 is 1.30 bits per heavy atom. The van der Waals surface area contributed by atoms with Crippen LogP contribution in [-0.2, 0) is 0 Å². The molecule has 1 atom stereocenters. The van der Waals surface area contributed by atoms with Crippen LogP contribution >= 0.6 is 0 Å². The SMILES string of the molecule is CC[C@@H](/C(C)=C(\C(=C(/C)c1ccncc1)c1ccncc1)n1c2ccccc2c2ccc3c4ccccc4n(-c4ccccc4)c3c21)n1c2ccccc2c2ccc3c4ccccc4n(-c4ccccc4)c3c21. The lowest BCUT2D eigenvalue weighted by atomic mass is 9.89. The van der Waals surface area contributed by atoms with Crippen molar-refractivity contribution in [2.24, 2.45) is 0 Å². The normalized spacial score (nSPS) is 13.3. The molecule has 0 N–H and O–H groups in total. The molecule has 6 heteroatoms. The number of fused-ring (bicyclic) bond motifs is 14. The quantitative estimate of drug-likeness (QED) is 0.135. The summed E-state index contributed by atoms with van der Waals surface area (Å²) >= 11 is 0. The summed E-state index contributed by atoms with van der Waals surface area (Å²) in [4.78, 5) is 9.12. The van der Waals surface area contributed by atoms with Crippen LogP contribution in [0.1, 0.15) is 44.4 Å². The van der Waals surface area contributed by atoms with Crippen LogP contribution < -0.4 is 0 Å². The molecule has 6 nitrogen and oxygen atoms in total. The van der Waals surface area contributed by atoms with Crippen LogP contribution in [0.15, 0.2) is 237 Å².